The lowest BCUT2D eigenvalue weighted by atomic mass is 10.1. The van der Waals surface area contributed by atoms with E-state index in [-0.39, 0.29) is 11.4 Å². The lowest BCUT2D eigenvalue weighted by molar-refractivity contribution is 0.289. The number of nitriles is 1. The summed E-state index contributed by atoms with van der Waals surface area (Å²) in [6.45, 7) is 2.84. The summed E-state index contributed by atoms with van der Waals surface area (Å²) in [5.74, 6) is 0.572. The van der Waals surface area contributed by atoms with Crippen LogP contribution in [0.25, 0.3) is 0 Å². The Bertz CT molecular complexity index is 926. The minimum absolute atomic E-state index is 0.263. The molecule has 0 bridgehead atoms. The van der Waals surface area contributed by atoms with Gasteiger partial charge in [0.05, 0.1) is 6.54 Å². The first-order valence-corrected chi connectivity index (χ1v) is 8.55. The second-order valence-corrected chi connectivity index (χ2v) is 6.65. The SMILES string of the molecule is Cc1cccc(COc2nn(Cc3ccc(Br)cc3)c(N)c2C#N)c1. The summed E-state index contributed by atoms with van der Waals surface area (Å²) in [6, 6.07) is 18.0. The van der Waals surface area contributed by atoms with Crippen LogP contribution in [0, 0.1) is 18.3 Å². The summed E-state index contributed by atoms with van der Waals surface area (Å²) < 4.78 is 8.34. The van der Waals surface area contributed by atoms with Crippen molar-refractivity contribution in [1.82, 2.24) is 9.78 Å². The van der Waals surface area contributed by atoms with E-state index in [4.69, 9.17) is 10.5 Å². The molecule has 1 heterocycles. The first kappa shape index (κ1) is 17.1. The van der Waals surface area contributed by atoms with Crippen molar-refractivity contribution < 1.29 is 4.74 Å². The lowest BCUT2D eigenvalue weighted by Crippen LogP contribution is -2.06. The Balaban J connectivity index is 1.80. The number of halogens is 1. The average Bonchev–Trinajstić information content (AvgIpc) is 2.90. The Morgan fingerprint density at radius 1 is 1.20 bits per heavy atom. The summed E-state index contributed by atoms with van der Waals surface area (Å²) in [6.07, 6.45) is 0. The van der Waals surface area contributed by atoms with E-state index in [9.17, 15) is 5.26 Å². The van der Waals surface area contributed by atoms with Gasteiger partial charge in [-0.05, 0) is 30.2 Å². The van der Waals surface area contributed by atoms with Gasteiger partial charge in [0.15, 0.2) is 5.56 Å². The minimum Gasteiger partial charge on any atom is -0.471 e. The summed E-state index contributed by atoms with van der Waals surface area (Å²) in [5, 5.41) is 13.8. The molecule has 2 aromatic carbocycles. The third-order valence-electron chi connectivity index (χ3n) is 3.78. The molecule has 0 saturated carbocycles. The highest BCUT2D eigenvalue weighted by Crippen LogP contribution is 2.25. The monoisotopic (exact) mass is 396 g/mol. The van der Waals surface area contributed by atoms with Gasteiger partial charge in [-0.3, -0.25) is 0 Å². The van der Waals surface area contributed by atoms with Gasteiger partial charge in [-0.15, -0.1) is 5.10 Å². The van der Waals surface area contributed by atoms with Gasteiger partial charge in [0, 0.05) is 4.47 Å². The molecule has 0 saturated heterocycles. The molecule has 1 aromatic heterocycles. The minimum atomic E-state index is 0.263. The van der Waals surface area contributed by atoms with Gasteiger partial charge in [-0.2, -0.15) is 5.26 Å². The molecule has 6 heteroatoms. The Morgan fingerprint density at radius 3 is 2.64 bits per heavy atom. The third kappa shape index (κ3) is 4.01. The van der Waals surface area contributed by atoms with E-state index < -0.39 is 0 Å². The zero-order valence-electron chi connectivity index (χ0n) is 13.7. The highest BCUT2D eigenvalue weighted by molar-refractivity contribution is 9.10. The molecule has 5 nitrogen and oxygen atoms in total. The smallest absolute Gasteiger partial charge is 0.253 e. The molecule has 3 aromatic rings. The van der Waals surface area contributed by atoms with E-state index in [1.54, 1.807) is 4.68 Å². The van der Waals surface area contributed by atoms with Gasteiger partial charge in [-0.25, -0.2) is 4.68 Å². The zero-order valence-corrected chi connectivity index (χ0v) is 15.3. The fourth-order valence-corrected chi connectivity index (χ4v) is 2.76. The zero-order chi connectivity index (χ0) is 17.8. The molecule has 0 fully saturated rings. The molecular weight excluding hydrogens is 380 g/mol. The summed E-state index contributed by atoms with van der Waals surface area (Å²) in [7, 11) is 0. The molecule has 0 aliphatic carbocycles. The largest absolute Gasteiger partial charge is 0.471 e. The van der Waals surface area contributed by atoms with E-state index in [1.165, 1.54) is 0 Å². The highest BCUT2D eigenvalue weighted by atomic mass is 79.9. The fourth-order valence-electron chi connectivity index (χ4n) is 2.50. The van der Waals surface area contributed by atoms with Crippen LogP contribution in [0.3, 0.4) is 0 Å². The molecule has 0 amide bonds. The van der Waals surface area contributed by atoms with E-state index in [0.29, 0.717) is 19.0 Å². The van der Waals surface area contributed by atoms with Crippen molar-refractivity contribution in [3.8, 4) is 11.9 Å². The van der Waals surface area contributed by atoms with Crippen LogP contribution in [0.1, 0.15) is 22.3 Å². The number of ether oxygens (including phenoxy) is 1. The second-order valence-electron chi connectivity index (χ2n) is 5.74. The molecule has 0 unspecified atom stereocenters. The van der Waals surface area contributed by atoms with Crippen molar-refractivity contribution in [3.63, 3.8) is 0 Å². The first-order chi connectivity index (χ1) is 12.1. The number of anilines is 1. The van der Waals surface area contributed by atoms with Gasteiger partial charge in [0.2, 0.25) is 0 Å². The maximum absolute atomic E-state index is 9.39. The second kappa shape index (κ2) is 7.41. The summed E-state index contributed by atoms with van der Waals surface area (Å²) in [4.78, 5) is 0. The number of aromatic nitrogens is 2. The van der Waals surface area contributed by atoms with Crippen molar-refractivity contribution in [3.05, 3.63) is 75.3 Å². The molecule has 25 heavy (non-hydrogen) atoms. The van der Waals surface area contributed by atoms with Gasteiger partial charge in [0.1, 0.15) is 18.5 Å². The molecule has 0 radical (unpaired) electrons. The molecule has 0 atom stereocenters. The molecule has 0 aliphatic rings. The van der Waals surface area contributed by atoms with Crippen LogP contribution in [0.15, 0.2) is 53.0 Å². The number of nitrogens with zero attached hydrogens (tertiary/aromatic N) is 3. The normalized spacial score (nSPS) is 10.4. The number of hydrogen-bond acceptors (Lipinski definition) is 4. The van der Waals surface area contributed by atoms with Crippen LogP contribution in [-0.2, 0) is 13.2 Å². The molecule has 3 rings (SSSR count). The van der Waals surface area contributed by atoms with Crippen molar-refractivity contribution in [1.29, 1.82) is 5.26 Å². The van der Waals surface area contributed by atoms with Crippen LogP contribution >= 0.6 is 15.9 Å². The van der Waals surface area contributed by atoms with Crippen LogP contribution in [0.2, 0.25) is 0 Å². The Labute approximate surface area is 154 Å². The number of benzene rings is 2. The molecular formula is C19H17BrN4O. The van der Waals surface area contributed by atoms with Crippen LogP contribution in [-0.4, -0.2) is 9.78 Å². The van der Waals surface area contributed by atoms with Crippen LogP contribution < -0.4 is 10.5 Å². The van der Waals surface area contributed by atoms with Crippen molar-refractivity contribution in [2.75, 3.05) is 5.73 Å². The van der Waals surface area contributed by atoms with Crippen molar-refractivity contribution in [2.45, 2.75) is 20.1 Å². The fraction of sp³-hybridized carbons (Fsp3) is 0.158. The van der Waals surface area contributed by atoms with Crippen LogP contribution in [0.5, 0.6) is 5.88 Å². The summed E-state index contributed by atoms with van der Waals surface area (Å²) >= 11 is 3.41. The molecule has 2 N–H and O–H groups in total. The number of aryl methyl sites for hydroxylation is 1. The van der Waals surface area contributed by atoms with Gasteiger partial charge in [-0.1, -0.05) is 57.9 Å². The van der Waals surface area contributed by atoms with Crippen molar-refractivity contribution >= 4 is 21.7 Å². The van der Waals surface area contributed by atoms with Gasteiger partial charge < -0.3 is 10.5 Å². The first-order valence-electron chi connectivity index (χ1n) is 7.76. The number of hydrogen-bond donors (Lipinski definition) is 1. The Morgan fingerprint density at radius 2 is 1.96 bits per heavy atom. The highest BCUT2D eigenvalue weighted by Gasteiger charge is 2.17. The van der Waals surface area contributed by atoms with E-state index in [1.807, 2.05) is 55.5 Å². The van der Waals surface area contributed by atoms with Gasteiger partial charge in [0.25, 0.3) is 5.88 Å². The standard InChI is InChI=1S/C19H17BrN4O/c1-13-3-2-4-15(9-13)12-25-19-17(10-21)18(22)24(23-19)11-14-5-7-16(20)8-6-14/h2-9H,11-12,22H2,1H3. The van der Waals surface area contributed by atoms with E-state index in [2.05, 4.69) is 27.1 Å². The molecule has 0 aliphatic heterocycles. The maximum Gasteiger partial charge on any atom is 0.253 e. The summed E-state index contributed by atoms with van der Waals surface area (Å²) in [5.41, 5.74) is 9.55. The predicted molar refractivity (Wildman–Crippen MR) is 100 cm³/mol. The quantitative estimate of drug-likeness (QED) is 0.705. The number of rotatable bonds is 5. The van der Waals surface area contributed by atoms with E-state index >= 15 is 0 Å². The lowest BCUT2D eigenvalue weighted by Gasteiger charge is -2.05. The Kier molecular flexibility index (Phi) is 5.05. The Hall–Kier alpha value is -2.78. The van der Waals surface area contributed by atoms with Crippen molar-refractivity contribution in [2.24, 2.45) is 0 Å². The predicted octanol–water partition coefficient (Wildman–Crippen LogP) is 4.04. The topological polar surface area (TPSA) is 76.9 Å². The maximum atomic E-state index is 9.39. The molecule has 0 spiro atoms. The average molecular weight is 397 g/mol. The number of nitrogen functional groups attached to an aromatic ring is 1. The van der Waals surface area contributed by atoms with E-state index in [0.717, 1.165) is 21.2 Å². The van der Waals surface area contributed by atoms with Crippen LogP contribution in [0.4, 0.5) is 5.82 Å². The van der Waals surface area contributed by atoms with Gasteiger partial charge >= 0.3 is 0 Å². The third-order valence-corrected chi connectivity index (χ3v) is 4.30. The molecule has 126 valence electrons. The number of nitrogens with two attached hydrogens (primary N) is 1.